The van der Waals surface area contributed by atoms with Crippen molar-refractivity contribution in [2.75, 3.05) is 12.9 Å². The molecule has 0 bridgehead atoms. The molecule has 27 heavy (non-hydrogen) atoms. The van der Waals surface area contributed by atoms with Crippen molar-refractivity contribution in [3.63, 3.8) is 0 Å². The number of methoxy groups -OCH3 is 1. The second-order valence-corrected chi connectivity index (χ2v) is 7.45. The van der Waals surface area contributed by atoms with Crippen molar-refractivity contribution in [3.8, 4) is 11.4 Å². The van der Waals surface area contributed by atoms with Crippen LogP contribution >= 0.6 is 11.8 Å². The summed E-state index contributed by atoms with van der Waals surface area (Å²) in [5, 5.41) is 12.5. The third kappa shape index (κ3) is 4.03. The van der Waals surface area contributed by atoms with Crippen LogP contribution in [-0.2, 0) is 0 Å². The van der Waals surface area contributed by atoms with Crippen LogP contribution in [0.2, 0.25) is 0 Å². The Labute approximate surface area is 162 Å². The van der Waals surface area contributed by atoms with Crippen LogP contribution in [0.15, 0.2) is 35.5 Å². The number of hydrogen-bond acceptors (Lipinski definition) is 6. The first-order valence-electron chi connectivity index (χ1n) is 8.58. The Balaban J connectivity index is 1.83. The van der Waals surface area contributed by atoms with Crippen LogP contribution in [0.4, 0.5) is 0 Å². The first kappa shape index (κ1) is 19.1. The number of carbonyl (C=O) groups is 1. The first-order valence-corrected chi connectivity index (χ1v) is 9.56. The van der Waals surface area contributed by atoms with Gasteiger partial charge >= 0.3 is 0 Å². The van der Waals surface area contributed by atoms with Gasteiger partial charge in [-0.15, -0.1) is 5.10 Å². The van der Waals surface area contributed by atoms with Gasteiger partial charge in [0.2, 0.25) is 5.16 Å². The second-order valence-electron chi connectivity index (χ2n) is 6.51. The number of tetrazole rings is 1. The van der Waals surface area contributed by atoms with Gasteiger partial charge in [0.1, 0.15) is 11.4 Å². The molecule has 0 fully saturated rings. The van der Waals surface area contributed by atoms with Gasteiger partial charge in [0.05, 0.1) is 12.9 Å². The molecule has 3 aromatic rings. The van der Waals surface area contributed by atoms with Gasteiger partial charge in [-0.2, -0.15) is 4.68 Å². The first-order chi connectivity index (χ1) is 12.9. The summed E-state index contributed by atoms with van der Waals surface area (Å²) in [5.74, 6) is 0.995. The Morgan fingerprint density at radius 1 is 1.07 bits per heavy atom. The number of nitrogens with zero attached hydrogens (tertiary/aromatic N) is 4. The Kier molecular flexibility index (Phi) is 5.60. The van der Waals surface area contributed by atoms with E-state index >= 15 is 0 Å². The molecule has 1 aromatic heterocycles. The molecule has 0 N–H and O–H groups in total. The molecule has 7 heteroatoms. The maximum Gasteiger partial charge on any atom is 0.214 e. The fourth-order valence-corrected chi connectivity index (χ4v) is 3.62. The summed E-state index contributed by atoms with van der Waals surface area (Å²) in [6.45, 7) is 8.02. The van der Waals surface area contributed by atoms with E-state index in [1.165, 1.54) is 17.3 Å². The Morgan fingerprint density at radius 2 is 1.81 bits per heavy atom. The number of hydrogen-bond donors (Lipinski definition) is 0. The smallest absolute Gasteiger partial charge is 0.214 e. The molecule has 0 atom stereocenters. The van der Waals surface area contributed by atoms with E-state index in [1.807, 2.05) is 45.0 Å². The lowest BCUT2D eigenvalue weighted by atomic mass is 9.99. The number of carbonyl (C=O) groups excluding carboxylic acids is 1. The van der Waals surface area contributed by atoms with Gasteiger partial charge in [-0.05, 0) is 78.6 Å². The monoisotopic (exact) mass is 382 g/mol. The Morgan fingerprint density at radius 3 is 2.56 bits per heavy atom. The van der Waals surface area contributed by atoms with Crippen molar-refractivity contribution in [2.24, 2.45) is 0 Å². The number of thioether (sulfide) groups is 1. The molecule has 140 valence electrons. The zero-order chi connectivity index (χ0) is 19.6. The molecule has 0 saturated carbocycles. The number of Topliss-reactive ketones (excluding diaryl/α,β-unsaturated/α-hetero) is 1. The van der Waals surface area contributed by atoms with E-state index in [9.17, 15) is 4.79 Å². The summed E-state index contributed by atoms with van der Waals surface area (Å²) in [7, 11) is 1.61. The molecule has 0 amide bonds. The fraction of sp³-hybridized carbons (Fsp3) is 0.300. The highest BCUT2D eigenvalue weighted by Gasteiger charge is 2.17. The number of rotatable bonds is 6. The van der Waals surface area contributed by atoms with Crippen molar-refractivity contribution < 1.29 is 9.53 Å². The molecule has 0 unspecified atom stereocenters. The van der Waals surface area contributed by atoms with Crippen LogP contribution in [0.3, 0.4) is 0 Å². The molecule has 2 aromatic carbocycles. The minimum Gasteiger partial charge on any atom is -0.494 e. The maximum absolute atomic E-state index is 12.7. The van der Waals surface area contributed by atoms with E-state index in [0.717, 1.165) is 27.9 Å². The van der Waals surface area contributed by atoms with Gasteiger partial charge in [-0.1, -0.05) is 23.9 Å². The highest BCUT2D eigenvalue weighted by Crippen LogP contribution is 2.27. The summed E-state index contributed by atoms with van der Waals surface area (Å²) in [4.78, 5) is 12.7. The summed E-state index contributed by atoms with van der Waals surface area (Å²) in [5.41, 5.74) is 5.86. The molecule has 0 saturated heterocycles. The van der Waals surface area contributed by atoms with Crippen LogP contribution in [0.25, 0.3) is 5.69 Å². The van der Waals surface area contributed by atoms with E-state index in [4.69, 9.17) is 4.74 Å². The number of aryl methyl sites for hydroxylation is 4. The molecule has 0 aliphatic heterocycles. The standard InChI is InChI=1S/C20H22N4O2S/c1-12-6-7-19(26-5)17(8-12)24-20(21-22-23-24)27-11-18(25)16-10-14(3)13(2)9-15(16)4/h6-10H,11H2,1-5H3. The number of ether oxygens (including phenoxy) is 1. The SMILES string of the molecule is COc1ccc(C)cc1-n1nnnc1SCC(=O)c1cc(C)c(C)cc1C. The number of aromatic nitrogens is 4. The zero-order valence-corrected chi connectivity index (χ0v) is 16.9. The van der Waals surface area contributed by atoms with Crippen LogP contribution in [0.1, 0.15) is 32.6 Å². The van der Waals surface area contributed by atoms with E-state index in [1.54, 1.807) is 11.8 Å². The highest BCUT2D eigenvalue weighted by molar-refractivity contribution is 7.99. The number of benzene rings is 2. The summed E-state index contributed by atoms with van der Waals surface area (Å²) < 4.78 is 7.03. The van der Waals surface area contributed by atoms with Crippen molar-refractivity contribution in [1.29, 1.82) is 0 Å². The van der Waals surface area contributed by atoms with Crippen molar-refractivity contribution >= 4 is 17.5 Å². The lowest BCUT2D eigenvalue weighted by Crippen LogP contribution is -2.08. The molecule has 1 heterocycles. The third-order valence-corrected chi connectivity index (χ3v) is 5.40. The van der Waals surface area contributed by atoms with Gasteiger partial charge < -0.3 is 4.74 Å². The Bertz CT molecular complexity index is 998. The predicted molar refractivity (Wildman–Crippen MR) is 106 cm³/mol. The lowest BCUT2D eigenvalue weighted by molar-refractivity contribution is 0.102. The van der Waals surface area contributed by atoms with Crippen LogP contribution < -0.4 is 4.74 Å². The van der Waals surface area contributed by atoms with Crippen molar-refractivity contribution in [2.45, 2.75) is 32.9 Å². The average molecular weight is 382 g/mol. The van der Waals surface area contributed by atoms with E-state index in [0.29, 0.717) is 10.9 Å². The molecular formula is C20H22N4O2S. The van der Waals surface area contributed by atoms with Gasteiger partial charge in [0.15, 0.2) is 5.78 Å². The van der Waals surface area contributed by atoms with Crippen molar-refractivity contribution in [3.05, 3.63) is 58.1 Å². The topological polar surface area (TPSA) is 69.9 Å². The van der Waals surface area contributed by atoms with E-state index in [-0.39, 0.29) is 11.5 Å². The van der Waals surface area contributed by atoms with Gasteiger partial charge in [-0.3, -0.25) is 4.79 Å². The molecule has 0 aliphatic rings. The average Bonchev–Trinajstić information content (AvgIpc) is 3.11. The molecule has 6 nitrogen and oxygen atoms in total. The largest absolute Gasteiger partial charge is 0.494 e. The fourth-order valence-electron chi connectivity index (χ4n) is 2.85. The Hall–Kier alpha value is -2.67. The molecule has 0 spiro atoms. The molecule has 0 radical (unpaired) electrons. The lowest BCUT2D eigenvalue weighted by Gasteiger charge is -2.11. The predicted octanol–water partition coefficient (Wildman–Crippen LogP) is 3.88. The van der Waals surface area contributed by atoms with Crippen molar-refractivity contribution in [1.82, 2.24) is 20.2 Å². The van der Waals surface area contributed by atoms with Gasteiger partial charge in [-0.25, -0.2) is 0 Å². The minimum atomic E-state index is 0.0614. The zero-order valence-electron chi connectivity index (χ0n) is 16.1. The maximum atomic E-state index is 12.7. The normalized spacial score (nSPS) is 10.9. The van der Waals surface area contributed by atoms with Crippen LogP contribution in [-0.4, -0.2) is 38.9 Å². The highest BCUT2D eigenvalue weighted by atomic mass is 32.2. The summed E-state index contributed by atoms with van der Waals surface area (Å²) >= 11 is 1.32. The van der Waals surface area contributed by atoms with E-state index < -0.39 is 0 Å². The number of ketones is 1. The van der Waals surface area contributed by atoms with E-state index in [2.05, 4.69) is 28.5 Å². The van der Waals surface area contributed by atoms with Gasteiger partial charge in [0.25, 0.3) is 0 Å². The molecule has 3 rings (SSSR count). The van der Waals surface area contributed by atoms with Crippen LogP contribution in [0.5, 0.6) is 5.75 Å². The van der Waals surface area contributed by atoms with Crippen LogP contribution in [0, 0.1) is 27.7 Å². The summed E-state index contributed by atoms with van der Waals surface area (Å²) in [6, 6.07) is 9.81. The second kappa shape index (κ2) is 7.92. The minimum absolute atomic E-state index is 0.0614. The molecule has 0 aliphatic carbocycles. The summed E-state index contributed by atoms with van der Waals surface area (Å²) in [6.07, 6.45) is 0. The van der Waals surface area contributed by atoms with Gasteiger partial charge in [0, 0.05) is 5.56 Å². The molecular weight excluding hydrogens is 360 g/mol. The quantitative estimate of drug-likeness (QED) is 0.476. The third-order valence-electron chi connectivity index (χ3n) is 4.48.